The van der Waals surface area contributed by atoms with Crippen molar-refractivity contribution in [3.63, 3.8) is 0 Å². The zero-order chi connectivity index (χ0) is 23.1. The third-order valence-electron chi connectivity index (χ3n) is 5.69. The second-order valence-corrected chi connectivity index (χ2v) is 8.54. The van der Waals surface area contributed by atoms with Crippen molar-refractivity contribution in [3.05, 3.63) is 33.7 Å². The summed E-state index contributed by atoms with van der Waals surface area (Å²) >= 11 is 1.52. The molecule has 1 aromatic heterocycles. The first-order chi connectivity index (χ1) is 15.5. The molecule has 0 saturated carbocycles. The highest BCUT2D eigenvalue weighted by molar-refractivity contribution is 7.08. The fraction of sp³-hybridized carbons (Fsp3) is 0.591. The van der Waals surface area contributed by atoms with Gasteiger partial charge in [0.25, 0.3) is 0 Å². The average molecular weight is 464 g/mol. The number of esters is 1. The van der Waals surface area contributed by atoms with Crippen molar-refractivity contribution in [2.45, 2.75) is 33.2 Å². The summed E-state index contributed by atoms with van der Waals surface area (Å²) in [6.45, 7) is 10.0. The van der Waals surface area contributed by atoms with Gasteiger partial charge in [-0.25, -0.2) is 14.4 Å². The van der Waals surface area contributed by atoms with E-state index in [2.05, 4.69) is 15.5 Å². The van der Waals surface area contributed by atoms with Crippen LogP contribution in [-0.2, 0) is 9.53 Å². The van der Waals surface area contributed by atoms with Crippen LogP contribution in [-0.4, -0.2) is 85.2 Å². The number of piperazine rings is 1. The van der Waals surface area contributed by atoms with Crippen molar-refractivity contribution < 1.29 is 19.1 Å². The molecule has 9 nitrogen and oxygen atoms in total. The molecule has 10 heteroatoms. The third-order valence-corrected chi connectivity index (χ3v) is 6.39. The summed E-state index contributed by atoms with van der Waals surface area (Å²) in [5.74, 6) is -0.408. The molecule has 0 radical (unpaired) electrons. The molecule has 0 aromatic carbocycles. The maximum Gasteiger partial charge on any atom is 0.338 e. The zero-order valence-electron chi connectivity index (χ0n) is 19.1. The monoisotopic (exact) mass is 463 g/mol. The van der Waals surface area contributed by atoms with Gasteiger partial charge < -0.3 is 20.3 Å². The summed E-state index contributed by atoms with van der Waals surface area (Å²) in [6, 6.07) is 1.13. The Kier molecular flexibility index (Phi) is 8.52. The Morgan fingerprint density at radius 1 is 1.22 bits per heavy atom. The van der Waals surface area contributed by atoms with Crippen molar-refractivity contribution in [1.82, 2.24) is 25.3 Å². The van der Waals surface area contributed by atoms with Crippen molar-refractivity contribution in [2.75, 3.05) is 52.4 Å². The lowest BCUT2D eigenvalue weighted by Crippen LogP contribution is -2.55. The van der Waals surface area contributed by atoms with Crippen LogP contribution in [0.15, 0.2) is 28.1 Å². The first-order valence-electron chi connectivity index (χ1n) is 11.2. The molecule has 0 bridgehead atoms. The SMILES string of the molecule is CCCNC(=O)N1CCN(CC2=C(C(=O)OCC)C(c3ccsc3)NC(=O)N2CC)CC1. The summed E-state index contributed by atoms with van der Waals surface area (Å²) in [6.07, 6.45) is 0.900. The number of amides is 4. The Morgan fingerprint density at radius 3 is 2.56 bits per heavy atom. The molecule has 2 aliphatic heterocycles. The van der Waals surface area contributed by atoms with Gasteiger partial charge in [-0.3, -0.25) is 9.80 Å². The van der Waals surface area contributed by atoms with Gasteiger partial charge in [-0.05, 0) is 42.7 Å². The Labute approximate surface area is 193 Å². The summed E-state index contributed by atoms with van der Waals surface area (Å²) in [7, 11) is 0. The number of rotatable bonds is 8. The lowest BCUT2D eigenvalue weighted by molar-refractivity contribution is -0.139. The van der Waals surface area contributed by atoms with Crippen molar-refractivity contribution in [1.29, 1.82) is 0 Å². The molecule has 1 saturated heterocycles. The topological polar surface area (TPSA) is 94.2 Å². The van der Waals surface area contributed by atoms with Gasteiger partial charge in [0.05, 0.1) is 18.2 Å². The van der Waals surface area contributed by atoms with E-state index in [9.17, 15) is 14.4 Å². The summed E-state index contributed by atoms with van der Waals surface area (Å²) in [5.41, 5.74) is 2.03. The van der Waals surface area contributed by atoms with Crippen LogP contribution in [0.5, 0.6) is 0 Å². The standard InChI is InChI=1S/C22H33N5O4S/c1-4-8-23-21(29)26-11-9-25(10-12-26)14-17-18(20(28)31-6-3)19(16-7-13-32-15-16)24-22(30)27(17)5-2/h7,13,15,19H,4-6,8-12,14H2,1-3H3,(H,23,29)(H,24,30). The molecule has 1 unspecified atom stereocenters. The number of urea groups is 2. The number of nitrogens with zero attached hydrogens (tertiary/aromatic N) is 3. The van der Waals surface area contributed by atoms with Gasteiger partial charge in [-0.1, -0.05) is 6.92 Å². The molecular formula is C22H33N5O4S. The molecule has 4 amide bonds. The first-order valence-corrected chi connectivity index (χ1v) is 12.2. The molecule has 176 valence electrons. The van der Waals surface area contributed by atoms with E-state index in [1.807, 2.05) is 35.6 Å². The second kappa shape index (κ2) is 11.3. The Hall–Kier alpha value is -2.59. The van der Waals surface area contributed by atoms with E-state index in [0.29, 0.717) is 57.1 Å². The Balaban J connectivity index is 1.84. The lowest BCUT2D eigenvalue weighted by atomic mass is 9.96. The number of likely N-dealkylation sites (N-methyl/N-ethyl adjacent to an activating group) is 1. The van der Waals surface area contributed by atoms with Crippen LogP contribution in [0.25, 0.3) is 0 Å². The number of carbonyl (C=O) groups is 3. The number of ether oxygens (including phenoxy) is 1. The summed E-state index contributed by atoms with van der Waals surface area (Å²) < 4.78 is 5.39. The lowest BCUT2D eigenvalue weighted by Gasteiger charge is -2.40. The minimum absolute atomic E-state index is 0.0392. The molecule has 0 spiro atoms. The predicted molar refractivity (Wildman–Crippen MR) is 123 cm³/mol. The number of hydrogen-bond acceptors (Lipinski definition) is 6. The van der Waals surface area contributed by atoms with E-state index in [1.165, 1.54) is 11.3 Å². The number of thiophene rings is 1. The highest BCUT2D eigenvalue weighted by atomic mass is 32.1. The quantitative estimate of drug-likeness (QED) is 0.578. The first kappa shape index (κ1) is 24.1. The fourth-order valence-electron chi connectivity index (χ4n) is 4.01. The maximum atomic E-state index is 13.0. The van der Waals surface area contributed by atoms with Gasteiger partial charge in [0.15, 0.2) is 0 Å². The molecular weight excluding hydrogens is 430 g/mol. The summed E-state index contributed by atoms with van der Waals surface area (Å²) in [5, 5.41) is 9.76. The van der Waals surface area contributed by atoms with E-state index in [-0.39, 0.29) is 18.7 Å². The van der Waals surface area contributed by atoms with E-state index < -0.39 is 12.0 Å². The molecule has 1 aromatic rings. The molecule has 2 N–H and O–H groups in total. The molecule has 1 fully saturated rings. The predicted octanol–water partition coefficient (Wildman–Crippen LogP) is 2.39. The van der Waals surface area contributed by atoms with Gasteiger partial charge >= 0.3 is 18.0 Å². The average Bonchev–Trinajstić information content (AvgIpc) is 3.33. The Morgan fingerprint density at radius 2 is 1.97 bits per heavy atom. The summed E-state index contributed by atoms with van der Waals surface area (Å²) in [4.78, 5) is 43.8. The smallest absolute Gasteiger partial charge is 0.338 e. The molecule has 32 heavy (non-hydrogen) atoms. The van der Waals surface area contributed by atoms with E-state index in [0.717, 1.165) is 12.0 Å². The molecule has 3 heterocycles. The normalized spacial score (nSPS) is 19.7. The van der Waals surface area contributed by atoms with Crippen LogP contribution >= 0.6 is 11.3 Å². The highest BCUT2D eigenvalue weighted by Gasteiger charge is 2.38. The van der Waals surface area contributed by atoms with Gasteiger partial charge in [-0.15, -0.1) is 0 Å². The van der Waals surface area contributed by atoms with Gasteiger partial charge in [0, 0.05) is 51.5 Å². The van der Waals surface area contributed by atoms with Gasteiger partial charge in [0.1, 0.15) is 0 Å². The number of hydrogen-bond donors (Lipinski definition) is 2. The van der Waals surface area contributed by atoms with Crippen LogP contribution in [0.4, 0.5) is 9.59 Å². The highest BCUT2D eigenvalue weighted by Crippen LogP contribution is 2.33. The maximum absolute atomic E-state index is 13.0. The zero-order valence-corrected chi connectivity index (χ0v) is 19.9. The van der Waals surface area contributed by atoms with Crippen molar-refractivity contribution >= 4 is 29.4 Å². The van der Waals surface area contributed by atoms with E-state index in [4.69, 9.17) is 4.74 Å². The minimum atomic E-state index is -0.535. The van der Waals surface area contributed by atoms with Gasteiger partial charge in [0.2, 0.25) is 0 Å². The molecule has 2 aliphatic rings. The molecule has 0 aliphatic carbocycles. The fourth-order valence-corrected chi connectivity index (χ4v) is 4.70. The number of carbonyl (C=O) groups excluding carboxylic acids is 3. The minimum Gasteiger partial charge on any atom is -0.463 e. The van der Waals surface area contributed by atoms with E-state index in [1.54, 1.807) is 11.8 Å². The molecule has 1 atom stereocenters. The van der Waals surface area contributed by atoms with Crippen LogP contribution in [0.2, 0.25) is 0 Å². The van der Waals surface area contributed by atoms with Gasteiger partial charge in [-0.2, -0.15) is 11.3 Å². The van der Waals surface area contributed by atoms with Crippen molar-refractivity contribution in [3.8, 4) is 0 Å². The second-order valence-electron chi connectivity index (χ2n) is 7.76. The van der Waals surface area contributed by atoms with Crippen molar-refractivity contribution in [2.24, 2.45) is 0 Å². The van der Waals surface area contributed by atoms with E-state index >= 15 is 0 Å². The van der Waals surface area contributed by atoms with Crippen LogP contribution < -0.4 is 10.6 Å². The molecule has 3 rings (SSSR count). The largest absolute Gasteiger partial charge is 0.463 e. The number of nitrogens with one attached hydrogen (secondary N) is 2. The van der Waals surface area contributed by atoms with Crippen LogP contribution in [0.3, 0.4) is 0 Å². The van der Waals surface area contributed by atoms with Crippen LogP contribution in [0, 0.1) is 0 Å². The Bertz CT molecular complexity index is 833. The van der Waals surface area contributed by atoms with Crippen LogP contribution in [0.1, 0.15) is 38.8 Å². The third kappa shape index (κ3) is 5.42.